The molecule has 34 heavy (non-hydrogen) atoms. The minimum atomic E-state index is -4.72. The fourth-order valence-corrected chi connectivity index (χ4v) is 4.33. The first-order valence-corrected chi connectivity index (χ1v) is 10.8. The molecule has 0 aromatic carbocycles. The number of hydrogen-bond acceptors (Lipinski definition) is 6. The minimum Gasteiger partial charge on any atom is -0.367 e. The van der Waals surface area contributed by atoms with Gasteiger partial charge < -0.3 is 15.2 Å². The molecule has 1 aliphatic rings. The molecule has 8 nitrogen and oxygen atoms in total. The maximum Gasteiger partial charge on any atom is 0.421 e. The second-order valence-corrected chi connectivity index (χ2v) is 8.42. The minimum absolute atomic E-state index is 0.122. The van der Waals surface area contributed by atoms with Crippen molar-refractivity contribution in [2.45, 2.75) is 32.6 Å². The molecule has 1 saturated heterocycles. The summed E-state index contributed by atoms with van der Waals surface area (Å²) in [5.41, 5.74) is -0.158. The topological polar surface area (TPSA) is 94.2 Å². The number of alkyl halides is 3. The molecule has 180 valence electrons. The second-order valence-electron chi connectivity index (χ2n) is 8.42. The number of hydrogen-bond donors (Lipinski definition) is 2. The summed E-state index contributed by atoms with van der Waals surface area (Å²) in [6.07, 6.45) is -1.64. The van der Waals surface area contributed by atoms with Crippen LogP contribution < -0.4 is 15.8 Å². The van der Waals surface area contributed by atoms with E-state index >= 15 is 0 Å². The Morgan fingerprint density at radius 3 is 2.62 bits per heavy atom. The summed E-state index contributed by atoms with van der Waals surface area (Å²) in [5.74, 6) is -0.237. The van der Waals surface area contributed by atoms with Gasteiger partial charge in [-0.2, -0.15) is 13.2 Å². The Kier molecular flexibility index (Phi) is 6.30. The highest BCUT2D eigenvalue weighted by Gasteiger charge is 2.36. The van der Waals surface area contributed by atoms with Gasteiger partial charge in [-0.25, -0.2) is 4.98 Å². The van der Waals surface area contributed by atoms with Crippen LogP contribution in [0.25, 0.3) is 10.9 Å². The lowest BCUT2D eigenvalue weighted by Crippen LogP contribution is -2.51. The molecule has 0 saturated carbocycles. The van der Waals surface area contributed by atoms with Crippen LogP contribution in [-0.4, -0.2) is 58.5 Å². The van der Waals surface area contributed by atoms with Crippen molar-refractivity contribution in [3.05, 3.63) is 63.5 Å². The van der Waals surface area contributed by atoms with Crippen LogP contribution in [0.4, 0.5) is 18.9 Å². The fourth-order valence-electron chi connectivity index (χ4n) is 4.33. The van der Waals surface area contributed by atoms with Crippen LogP contribution in [0.5, 0.6) is 0 Å². The van der Waals surface area contributed by atoms with Crippen molar-refractivity contribution in [3.63, 3.8) is 0 Å². The predicted octanol–water partition coefficient (Wildman–Crippen LogP) is 2.72. The quantitative estimate of drug-likeness (QED) is 0.604. The average molecular weight is 474 g/mol. The van der Waals surface area contributed by atoms with Gasteiger partial charge in [-0.05, 0) is 37.6 Å². The molecule has 0 aliphatic carbocycles. The summed E-state index contributed by atoms with van der Waals surface area (Å²) in [6.45, 7) is 6.09. The molecule has 0 radical (unpaired) electrons. The first-order chi connectivity index (χ1) is 16.1. The number of nitrogens with one attached hydrogen (secondary N) is 2. The number of piperazine rings is 1. The van der Waals surface area contributed by atoms with Gasteiger partial charge in [0.1, 0.15) is 11.3 Å². The monoisotopic (exact) mass is 474 g/mol. The molecule has 4 rings (SSSR count). The number of carbonyl (C=O) groups is 1. The maximum absolute atomic E-state index is 13.2. The molecule has 1 atom stereocenters. The number of aromatic nitrogens is 3. The summed E-state index contributed by atoms with van der Waals surface area (Å²) in [6, 6.07) is 5.37. The SMILES string of the molecule is CNC(=O)c1ccc(N2CCN(Cc3cc4[nH]c(=O)c(C(F)(F)F)c(C)c4cn3)C(C)C2)cn1. The lowest BCUT2D eigenvalue weighted by atomic mass is 10.1. The third-order valence-corrected chi connectivity index (χ3v) is 6.20. The van der Waals surface area contributed by atoms with E-state index in [2.05, 4.69) is 37.0 Å². The van der Waals surface area contributed by atoms with Gasteiger partial charge in [-0.15, -0.1) is 0 Å². The van der Waals surface area contributed by atoms with E-state index in [1.807, 2.05) is 6.07 Å². The molecule has 3 aromatic heterocycles. The summed E-state index contributed by atoms with van der Waals surface area (Å²) in [5, 5.41) is 2.82. The lowest BCUT2D eigenvalue weighted by molar-refractivity contribution is -0.139. The molecular formula is C23H25F3N6O2. The molecule has 0 bridgehead atoms. The van der Waals surface area contributed by atoms with Crippen LogP contribution in [-0.2, 0) is 12.7 Å². The normalized spacial score (nSPS) is 17.2. The highest BCUT2D eigenvalue weighted by atomic mass is 19.4. The average Bonchev–Trinajstić information content (AvgIpc) is 2.79. The van der Waals surface area contributed by atoms with Crippen molar-refractivity contribution in [1.82, 2.24) is 25.2 Å². The molecular weight excluding hydrogens is 449 g/mol. The largest absolute Gasteiger partial charge is 0.421 e. The number of nitrogens with zero attached hydrogens (tertiary/aromatic N) is 4. The summed E-state index contributed by atoms with van der Waals surface area (Å²) < 4.78 is 39.7. The van der Waals surface area contributed by atoms with Gasteiger partial charge in [0.05, 0.1) is 23.1 Å². The molecule has 2 N–H and O–H groups in total. The Bertz CT molecular complexity index is 1270. The van der Waals surface area contributed by atoms with Gasteiger partial charge in [0.2, 0.25) is 0 Å². The van der Waals surface area contributed by atoms with Crippen molar-refractivity contribution >= 4 is 22.5 Å². The van der Waals surface area contributed by atoms with E-state index in [0.717, 1.165) is 25.3 Å². The number of pyridine rings is 3. The Morgan fingerprint density at radius 2 is 2.00 bits per heavy atom. The number of aryl methyl sites for hydroxylation is 1. The number of halogens is 3. The highest BCUT2D eigenvalue weighted by molar-refractivity contribution is 5.92. The maximum atomic E-state index is 13.2. The summed E-state index contributed by atoms with van der Waals surface area (Å²) in [7, 11) is 1.56. The number of H-pyrrole nitrogens is 1. The van der Waals surface area contributed by atoms with Crippen LogP contribution in [0, 0.1) is 6.92 Å². The van der Waals surface area contributed by atoms with Crippen molar-refractivity contribution in [2.75, 3.05) is 31.6 Å². The molecule has 1 fully saturated rings. The summed E-state index contributed by atoms with van der Waals surface area (Å²) in [4.78, 5) is 39.1. The molecule has 4 heterocycles. The van der Waals surface area contributed by atoms with Crippen molar-refractivity contribution in [3.8, 4) is 0 Å². The molecule has 11 heteroatoms. The van der Waals surface area contributed by atoms with Crippen LogP contribution in [0.15, 0.2) is 35.4 Å². The lowest BCUT2D eigenvalue weighted by Gasteiger charge is -2.40. The zero-order chi connectivity index (χ0) is 24.6. The Labute approximate surface area is 193 Å². The van der Waals surface area contributed by atoms with E-state index in [1.165, 1.54) is 13.1 Å². The van der Waals surface area contributed by atoms with E-state index in [9.17, 15) is 22.8 Å². The van der Waals surface area contributed by atoms with Gasteiger partial charge in [0, 0.05) is 50.9 Å². The summed E-state index contributed by atoms with van der Waals surface area (Å²) >= 11 is 0. The highest BCUT2D eigenvalue weighted by Crippen LogP contribution is 2.31. The first-order valence-electron chi connectivity index (χ1n) is 10.8. The Balaban J connectivity index is 1.48. The number of rotatable bonds is 4. The number of aromatic amines is 1. The number of anilines is 1. The third-order valence-electron chi connectivity index (χ3n) is 6.20. The van der Waals surface area contributed by atoms with Gasteiger partial charge in [-0.1, -0.05) is 0 Å². The molecule has 1 unspecified atom stereocenters. The second kappa shape index (κ2) is 9.05. The van der Waals surface area contributed by atoms with Gasteiger partial charge in [-0.3, -0.25) is 19.5 Å². The standard InChI is InChI=1S/C23H25F3N6O2/c1-13-11-32(16-4-5-18(29-9-16)21(33)27-3)7-6-31(13)12-15-8-19-17(10-28-15)14(2)20(22(34)30-19)23(24,25)26/h4-5,8-10,13H,6-7,11-12H2,1-3H3,(H,27,33)(H,30,34). The third kappa shape index (κ3) is 4.60. The predicted molar refractivity (Wildman–Crippen MR) is 122 cm³/mol. The van der Waals surface area contributed by atoms with E-state index < -0.39 is 17.3 Å². The van der Waals surface area contributed by atoms with Crippen LogP contribution in [0.2, 0.25) is 0 Å². The first kappa shape index (κ1) is 23.7. The molecule has 3 aromatic rings. The van der Waals surface area contributed by atoms with Crippen molar-refractivity contribution in [1.29, 1.82) is 0 Å². The van der Waals surface area contributed by atoms with E-state index in [1.54, 1.807) is 25.4 Å². The Hall–Kier alpha value is -3.47. The van der Waals surface area contributed by atoms with E-state index in [4.69, 9.17) is 0 Å². The van der Waals surface area contributed by atoms with Gasteiger partial charge in [0.25, 0.3) is 11.5 Å². The zero-order valence-electron chi connectivity index (χ0n) is 19.0. The molecule has 1 aliphatic heterocycles. The smallest absolute Gasteiger partial charge is 0.367 e. The molecule has 1 amide bonds. The number of amides is 1. The van der Waals surface area contributed by atoms with Gasteiger partial charge in [0.15, 0.2) is 0 Å². The van der Waals surface area contributed by atoms with Crippen LogP contribution in [0.3, 0.4) is 0 Å². The van der Waals surface area contributed by atoms with Crippen LogP contribution >= 0.6 is 0 Å². The fraction of sp³-hybridized carbons (Fsp3) is 0.391. The van der Waals surface area contributed by atoms with Crippen molar-refractivity contribution in [2.24, 2.45) is 0 Å². The van der Waals surface area contributed by atoms with Crippen LogP contribution in [0.1, 0.15) is 34.2 Å². The number of carbonyl (C=O) groups excluding carboxylic acids is 1. The zero-order valence-corrected chi connectivity index (χ0v) is 19.0. The van der Waals surface area contributed by atoms with E-state index in [-0.39, 0.29) is 22.9 Å². The van der Waals surface area contributed by atoms with E-state index in [0.29, 0.717) is 23.4 Å². The Morgan fingerprint density at radius 1 is 1.24 bits per heavy atom. The molecule has 0 spiro atoms. The van der Waals surface area contributed by atoms with Gasteiger partial charge >= 0.3 is 6.18 Å². The van der Waals surface area contributed by atoms with Crippen molar-refractivity contribution < 1.29 is 18.0 Å². The number of fused-ring (bicyclic) bond motifs is 1.